The number of ether oxygens (including phenoxy) is 1. The number of nitrogens with zero attached hydrogens (tertiary/aromatic N) is 8. The number of piperidine rings is 1. The molecular weight excluding hydrogens is 456 g/mol. The van der Waals surface area contributed by atoms with Crippen LogP contribution >= 0.6 is 24.0 Å². The number of aromatic nitrogens is 7. The average Bonchev–Trinajstić information content (AvgIpc) is 3.56. The van der Waals surface area contributed by atoms with Crippen LogP contribution in [0.2, 0.25) is 0 Å². The number of rotatable bonds is 7. The van der Waals surface area contributed by atoms with Gasteiger partial charge in [0.15, 0.2) is 0 Å². The maximum absolute atomic E-state index is 5.97. The number of benzene rings is 1. The largest absolute Gasteiger partial charge is 0.486 e. The summed E-state index contributed by atoms with van der Waals surface area (Å²) in [6.07, 6.45) is 8.45. The zero-order chi connectivity index (χ0) is 22.6. The van der Waals surface area contributed by atoms with Crippen LogP contribution in [0.25, 0.3) is 5.69 Å². The van der Waals surface area contributed by atoms with E-state index in [9.17, 15) is 0 Å². The fraction of sp³-hybridized carbons (Fsp3) is 0.364. The van der Waals surface area contributed by atoms with Crippen LogP contribution in [-0.4, -0.2) is 48.2 Å². The Morgan fingerprint density at radius 1 is 1.18 bits per heavy atom. The summed E-state index contributed by atoms with van der Waals surface area (Å²) < 4.78 is 7.55. The van der Waals surface area contributed by atoms with Crippen LogP contribution in [0.5, 0.6) is 5.75 Å². The standard InChI is InChI=1S/C22H24N8OS2/c1-2-15-10-23-22(24-11-15)29-7-5-16(6-8-29)21-26-17(13-33-21)12-31-19-4-3-18(9-20(19)32)30-14-25-27-28-30/h3-4,9-11,13-14,16,32H,2,5-8,12H2,1H3. The van der Waals surface area contributed by atoms with Crippen LogP contribution in [0.1, 0.15) is 41.9 Å². The van der Waals surface area contributed by atoms with E-state index in [-0.39, 0.29) is 0 Å². The first kappa shape index (κ1) is 21.8. The molecule has 1 fully saturated rings. The van der Waals surface area contributed by atoms with Crippen LogP contribution in [0, 0.1) is 0 Å². The van der Waals surface area contributed by atoms with Gasteiger partial charge in [0.25, 0.3) is 0 Å². The maximum atomic E-state index is 5.97. The first-order valence-electron chi connectivity index (χ1n) is 10.9. The number of hydrogen-bond acceptors (Lipinski definition) is 10. The monoisotopic (exact) mass is 480 g/mol. The van der Waals surface area contributed by atoms with Crippen LogP contribution in [0.15, 0.2) is 47.2 Å². The third kappa shape index (κ3) is 4.98. The van der Waals surface area contributed by atoms with Gasteiger partial charge in [0.05, 0.1) is 16.4 Å². The highest BCUT2D eigenvalue weighted by Gasteiger charge is 2.24. The Hall–Kier alpha value is -3.05. The lowest BCUT2D eigenvalue weighted by molar-refractivity contribution is 0.294. The van der Waals surface area contributed by atoms with Gasteiger partial charge >= 0.3 is 0 Å². The molecule has 0 atom stereocenters. The van der Waals surface area contributed by atoms with Crippen molar-refractivity contribution in [3.63, 3.8) is 0 Å². The smallest absolute Gasteiger partial charge is 0.225 e. The Labute approximate surface area is 201 Å². The molecule has 170 valence electrons. The van der Waals surface area contributed by atoms with E-state index in [0.717, 1.165) is 54.6 Å². The number of aryl methyl sites for hydroxylation is 1. The molecule has 33 heavy (non-hydrogen) atoms. The first-order valence-corrected chi connectivity index (χ1v) is 12.2. The predicted octanol–water partition coefficient (Wildman–Crippen LogP) is 3.72. The highest BCUT2D eigenvalue weighted by Crippen LogP contribution is 2.32. The van der Waals surface area contributed by atoms with Gasteiger partial charge in [-0.25, -0.2) is 19.6 Å². The highest BCUT2D eigenvalue weighted by molar-refractivity contribution is 7.80. The molecule has 1 saturated heterocycles. The van der Waals surface area contributed by atoms with Crippen molar-refractivity contribution in [2.75, 3.05) is 18.0 Å². The van der Waals surface area contributed by atoms with Crippen LogP contribution in [0.3, 0.4) is 0 Å². The Morgan fingerprint density at radius 2 is 2.00 bits per heavy atom. The quantitative estimate of drug-likeness (QED) is 0.400. The van der Waals surface area contributed by atoms with Gasteiger partial charge in [0.2, 0.25) is 5.95 Å². The molecule has 0 N–H and O–H groups in total. The molecule has 1 aromatic carbocycles. The summed E-state index contributed by atoms with van der Waals surface area (Å²) in [7, 11) is 0. The van der Waals surface area contributed by atoms with Crippen molar-refractivity contribution >= 4 is 29.9 Å². The number of thiol groups is 1. The van der Waals surface area contributed by atoms with Crippen molar-refractivity contribution in [3.05, 3.63) is 58.6 Å². The average molecular weight is 481 g/mol. The second-order valence-electron chi connectivity index (χ2n) is 7.88. The molecule has 4 aromatic rings. The summed E-state index contributed by atoms with van der Waals surface area (Å²) in [4.78, 5) is 16.9. The van der Waals surface area contributed by atoms with Crippen molar-refractivity contribution in [3.8, 4) is 11.4 Å². The van der Waals surface area contributed by atoms with Crippen LogP contribution in [-0.2, 0) is 13.0 Å². The van der Waals surface area contributed by atoms with E-state index in [1.807, 2.05) is 30.6 Å². The van der Waals surface area contributed by atoms with Gasteiger partial charge in [0, 0.05) is 41.7 Å². The molecule has 0 unspecified atom stereocenters. The molecule has 5 rings (SSSR count). The number of anilines is 1. The van der Waals surface area contributed by atoms with Crippen molar-refractivity contribution in [1.29, 1.82) is 0 Å². The zero-order valence-electron chi connectivity index (χ0n) is 18.2. The van der Waals surface area contributed by atoms with Crippen LogP contribution in [0.4, 0.5) is 5.95 Å². The summed E-state index contributed by atoms with van der Waals surface area (Å²) in [5.74, 6) is 1.99. The third-order valence-corrected chi connectivity index (χ3v) is 7.13. The van der Waals surface area contributed by atoms with Crippen molar-refractivity contribution in [2.45, 2.75) is 43.6 Å². The van der Waals surface area contributed by atoms with E-state index < -0.39 is 0 Å². The van der Waals surface area contributed by atoms with Crippen LogP contribution < -0.4 is 9.64 Å². The molecule has 0 amide bonds. The molecule has 0 saturated carbocycles. The minimum Gasteiger partial charge on any atom is -0.486 e. The fourth-order valence-electron chi connectivity index (χ4n) is 3.80. The van der Waals surface area contributed by atoms with Crippen molar-refractivity contribution < 1.29 is 4.74 Å². The van der Waals surface area contributed by atoms with Gasteiger partial charge in [0.1, 0.15) is 18.7 Å². The van der Waals surface area contributed by atoms with E-state index >= 15 is 0 Å². The molecule has 0 spiro atoms. The Balaban J connectivity index is 1.16. The Bertz CT molecular complexity index is 1190. The molecule has 1 aliphatic heterocycles. The molecule has 0 bridgehead atoms. The number of thiazole rings is 1. The number of tetrazole rings is 1. The van der Waals surface area contributed by atoms with Crippen molar-refractivity contribution in [2.24, 2.45) is 0 Å². The van der Waals surface area contributed by atoms with Gasteiger partial charge < -0.3 is 9.64 Å². The molecule has 4 heterocycles. The molecular formula is C22H24N8OS2. The minimum absolute atomic E-state index is 0.407. The van der Waals surface area contributed by atoms with E-state index in [2.05, 4.69) is 55.3 Å². The summed E-state index contributed by atoms with van der Waals surface area (Å²) >= 11 is 6.26. The number of hydrogen-bond donors (Lipinski definition) is 1. The highest BCUT2D eigenvalue weighted by atomic mass is 32.1. The predicted molar refractivity (Wildman–Crippen MR) is 128 cm³/mol. The third-order valence-electron chi connectivity index (χ3n) is 5.73. The van der Waals surface area contributed by atoms with E-state index in [0.29, 0.717) is 18.3 Å². The summed E-state index contributed by atoms with van der Waals surface area (Å²) in [5, 5.41) is 14.5. The maximum Gasteiger partial charge on any atom is 0.225 e. The second-order valence-corrected chi connectivity index (χ2v) is 9.25. The Morgan fingerprint density at radius 3 is 2.70 bits per heavy atom. The summed E-state index contributed by atoms with van der Waals surface area (Å²) in [5.41, 5.74) is 2.93. The lowest BCUT2D eigenvalue weighted by Crippen LogP contribution is -2.34. The lowest BCUT2D eigenvalue weighted by atomic mass is 9.98. The zero-order valence-corrected chi connectivity index (χ0v) is 19.9. The molecule has 1 aliphatic rings. The topological polar surface area (TPSA) is 94.7 Å². The molecule has 3 aromatic heterocycles. The Kier molecular flexibility index (Phi) is 6.49. The molecule has 0 radical (unpaired) electrons. The summed E-state index contributed by atoms with van der Waals surface area (Å²) in [6, 6.07) is 5.64. The van der Waals surface area contributed by atoms with E-state index in [1.54, 1.807) is 22.3 Å². The van der Waals surface area contributed by atoms with Crippen molar-refractivity contribution in [1.82, 2.24) is 35.2 Å². The SMILES string of the molecule is CCc1cnc(N2CCC(c3nc(COc4ccc(-n5cnnn5)cc4S)cs3)CC2)nc1. The normalized spacial score (nSPS) is 14.5. The van der Waals surface area contributed by atoms with E-state index in [1.165, 1.54) is 10.6 Å². The fourth-order valence-corrected chi connectivity index (χ4v) is 5.05. The summed E-state index contributed by atoms with van der Waals surface area (Å²) in [6.45, 7) is 4.41. The van der Waals surface area contributed by atoms with Gasteiger partial charge in [-0.05, 0) is 53.5 Å². The van der Waals surface area contributed by atoms with Gasteiger partial charge in [-0.3, -0.25) is 0 Å². The second kappa shape index (κ2) is 9.84. The van der Waals surface area contributed by atoms with Gasteiger partial charge in [-0.15, -0.1) is 29.1 Å². The van der Waals surface area contributed by atoms with Gasteiger partial charge in [-0.2, -0.15) is 0 Å². The lowest BCUT2D eigenvalue weighted by Gasteiger charge is -2.31. The first-order chi connectivity index (χ1) is 16.2. The molecule has 9 nitrogen and oxygen atoms in total. The molecule has 0 aliphatic carbocycles. The van der Waals surface area contributed by atoms with Gasteiger partial charge in [-0.1, -0.05) is 6.92 Å². The minimum atomic E-state index is 0.407. The molecule has 11 heteroatoms. The van der Waals surface area contributed by atoms with E-state index in [4.69, 9.17) is 9.72 Å².